The lowest BCUT2D eigenvalue weighted by atomic mass is 10.6. The van der Waals surface area contributed by atoms with E-state index in [1.54, 1.807) is 30.1 Å². The van der Waals surface area contributed by atoms with Gasteiger partial charge in [-0.1, -0.05) is 0 Å². The van der Waals surface area contributed by atoms with Crippen LogP contribution >= 0.6 is 0 Å². The highest BCUT2D eigenvalue weighted by atomic mass is 16.5. The molecular formula is C7H7N3O. The van der Waals surface area contributed by atoms with Gasteiger partial charge in [-0.3, -0.25) is 0 Å². The van der Waals surface area contributed by atoms with Crippen LogP contribution < -0.4 is 4.74 Å². The number of rotatable bonds is 1. The number of ether oxygens (including phenoxy) is 1. The van der Waals surface area contributed by atoms with Crippen molar-refractivity contribution in [2.45, 2.75) is 0 Å². The molecule has 0 saturated carbocycles. The lowest BCUT2D eigenvalue weighted by molar-refractivity contribution is 0.384. The largest absolute Gasteiger partial charge is 0.481 e. The highest BCUT2D eigenvalue weighted by Gasteiger charge is 1.98. The topological polar surface area (TPSA) is 39.4 Å². The molecule has 0 aliphatic carbocycles. The molecular weight excluding hydrogens is 142 g/mol. The van der Waals surface area contributed by atoms with Crippen molar-refractivity contribution in [1.82, 2.24) is 14.6 Å². The van der Waals surface area contributed by atoms with Crippen LogP contribution in [-0.4, -0.2) is 21.7 Å². The molecule has 0 fully saturated rings. The summed E-state index contributed by atoms with van der Waals surface area (Å²) in [6, 6.07) is 3.59. The first-order valence-electron chi connectivity index (χ1n) is 3.24. The summed E-state index contributed by atoms with van der Waals surface area (Å²) in [7, 11) is 1.61. The average molecular weight is 149 g/mol. The zero-order chi connectivity index (χ0) is 7.68. The van der Waals surface area contributed by atoms with Crippen molar-refractivity contribution < 1.29 is 4.74 Å². The van der Waals surface area contributed by atoms with Crippen LogP contribution in [0.4, 0.5) is 0 Å². The number of hydrogen-bond acceptors (Lipinski definition) is 3. The Bertz CT molecular complexity index is 368. The number of hydrogen-bond donors (Lipinski definition) is 0. The quantitative estimate of drug-likeness (QED) is 0.600. The van der Waals surface area contributed by atoms with E-state index in [0.29, 0.717) is 5.88 Å². The van der Waals surface area contributed by atoms with Crippen LogP contribution in [0.1, 0.15) is 0 Å². The first-order valence-corrected chi connectivity index (χ1v) is 3.24. The molecule has 0 unspecified atom stereocenters. The van der Waals surface area contributed by atoms with Crippen LogP contribution in [0.25, 0.3) is 5.65 Å². The van der Waals surface area contributed by atoms with Gasteiger partial charge in [0.05, 0.1) is 13.3 Å². The molecule has 0 radical (unpaired) electrons. The summed E-state index contributed by atoms with van der Waals surface area (Å²) in [4.78, 5) is 4.07. The van der Waals surface area contributed by atoms with Gasteiger partial charge in [-0.15, -0.1) is 0 Å². The molecule has 0 saturated heterocycles. The molecule has 56 valence electrons. The summed E-state index contributed by atoms with van der Waals surface area (Å²) >= 11 is 0. The maximum Gasteiger partial charge on any atom is 0.217 e. The van der Waals surface area contributed by atoms with Crippen molar-refractivity contribution in [1.29, 1.82) is 0 Å². The molecule has 0 aliphatic heterocycles. The van der Waals surface area contributed by atoms with Gasteiger partial charge in [-0.25, -0.2) is 4.98 Å². The van der Waals surface area contributed by atoms with Crippen LogP contribution in [0.2, 0.25) is 0 Å². The normalized spacial score (nSPS) is 10.3. The predicted molar refractivity (Wildman–Crippen MR) is 39.5 cm³/mol. The average Bonchev–Trinajstić information content (AvgIpc) is 2.50. The summed E-state index contributed by atoms with van der Waals surface area (Å²) in [5.41, 5.74) is 0.796. The third kappa shape index (κ3) is 0.832. The third-order valence-corrected chi connectivity index (χ3v) is 1.46. The fourth-order valence-electron chi connectivity index (χ4n) is 0.966. The summed E-state index contributed by atoms with van der Waals surface area (Å²) < 4.78 is 6.69. The minimum absolute atomic E-state index is 0.694. The lowest BCUT2D eigenvalue weighted by Crippen LogP contribution is -1.95. The van der Waals surface area contributed by atoms with E-state index in [4.69, 9.17) is 4.74 Å². The molecule has 2 rings (SSSR count). The second kappa shape index (κ2) is 2.23. The zero-order valence-corrected chi connectivity index (χ0v) is 6.06. The first kappa shape index (κ1) is 6.15. The van der Waals surface area contributed by atoms with Crippen LogP contribution in [0.3, 0.4) is 0 Å². The molecule has 0 bridgehead atoms. The van der Waals surface area contributed by atoms with Crippen molar-refractivity contribution in [2.24, 2.45) is 0 Å². The van der Waals surface area contributed by atoms with Gasteiger partial charge in [0.15, 0.2) is 5.65 Å². The van der Waals surface area contributed by atoms with E-state index in [1.165, 1.54) is 0 Å². The fraction of sp³-hybridized carbons (Fsp3) is 0.143. The summed E-state index contributed by atoms with van der Waals surface area (Å²) in [6.07, 6.45) is 3.38. The van der Waals surface area contributed by atoms with Gasteiger partial charge in [-0.05, 0) is 0 Å². The van der Waals surface area contributed by atoms with E-state index in [2.05, 4.69) is 10.1 Å². The Morgan fingerprint density at radius 3 is 3.09 bits per heavy atom. The Kier molecular flexibility index (Phi) is 1.25. The van der Waals surface area contributed by atoms with Gasteiger partial charge in [0.1, 0.15) is 0 Å². The van der Waals surface area contributed by atoms with Crippen molar-refractivity contribution in [3.05, 3.63) is 24.5 Å². The van der Waals surface area contributed by atoms with Gasteiger partial charge in [0.2, 0.25) is 5.88 Å². The summed E-state index contributed by atoms with van der Waals surface area (Å²) in [5, 5.41) is 4.02. The molecule has 0 aliphatic rings. The minimum Gasteiger partial charge on any atom is -0.481 e. The maximum absolute atomic E-state index is 5.05. The standard InChI is InChI=1S/C7H7N3O/c1-11-7-3-4-8-6-2-5-9-10(6)7/h2-5H,1H3. The SMILES string of the molecule is COc1ccnc2ccnn12. The van der Waals surface area contributed by atoms with Gasteiger partial charge in [-0.2, -0.15) is 9.61 Å². The third-order valence-electron chi connectivity index (χ3n) is 1.46. The van der Waals surface area contributed by atoms with Crippen molar-refractivity contribution in [2.75, 3.05) is 7.11 Å². The summed E-state index contributed by atoms with van der Waals surface area (Å²) in [6.45, 7) is 0. The van der Waals surface area contributed by atoms with E-state index in [0.717, 1.165) is 5.65 Å². The van der Waals surface area contributed by atoms with E-state index < -0.39 is 0 Å². The monoisotopic (exact) mass is 149 g/mol. The van der Waals surface area contributed by atoms with Gasteiger partial charge >= 0.3 is 0 Å². The van der Waals surface area contributed by atoms with E-state index in [9.17, 15) is 0 Å². The molecule has 0 amide bonds. The molecule has 2 heterocycles. The number of fused-ring (bicyclic) bond motifs is 1. The van der Waals surface area contributed by atoms with Gasteiger partial charge in [0.25, 0.3) is 0 Å². The van der Waals surface area contributed by atoms with Crippen LogP contribution in [-0.2, 0) is 0 Å². The Morgan fingerprint density at radius 2 is 2.27 bits per heavy atom. The van der Waals surface area contributed by atoms with Gasteiger partial charge in [0, 0.05) is 18.3 Å². The Hall–Kier alpha value is -1.58. The molecule has 2 aromatic heterocycles. The number of aromatic nitrogens is 3. The van der Waals surface area contributed by atoms with Crippen molar-refractivity contribution >= 4 is 5.65 Å². The van der Waals surface area contributed by atoms with Crippen LogP contribution in [0, 0.1) is 0 Å². The Labute approximate surface area is 63.4 Å². The molecule has 4 heteroatoms. The molecule has 0 atom stereocenters. The molecule has 11 heavy (non-hydrogen) atoms. The molecule has 0 aromatic carbocycles. The smallest absolute Gasteiger partial charge is 0.217 e. The van der Waals surface area contributed by atoms with Crippen LogP contribution in [0.15, 0.2) is 24.5 Å². The van der Waals surface area contributed by atoms with E-state index >= 15 is 0 Å². The van der Waals surface area contributed by atoms with Crippen molar-refractivity contribution in [3.63, 3.8) is 0 Å². The second-order valence-corrected chi connectivity index (χ2v) is 2.09. The predicted octanol–water partition coefficient (Wildman–Crippen LogP) is 0.738. The number of methoxy groups -OCH3 is 1. The lowest BCUT2D eigenvalue weighted by Gasteiger charge is -1.99. The highest BCUT2D eigenvalue weighted by molar-refractivity contribution is 5.38. The minimum atomic E-state index is 0.694. The van der Waals surface area contributed by atoms with E-state index in [-0.39, 0.29) is 0 Å². The number of nitrogens with zero attached hydrogens (tertiary/aromatic N) is 3. The second-order valence-electron chi connectivity index (χ2n) is 2.09. The zero-order valence-electron chi connectivity index (χ0n) is 6.06. The first-order chi connectivity index (χ1) is 5.42. The fourth-order valence-corrected chi connectivity index (χ4v) is 0.966. The summed E-state index contributed by atoms with van der Waals surface area (Å²) in [5.74, 6) is 0.694. The Morgan fingerprint density at radius 1 is 1.36 bits per heavy atom. The molecule has 0 N–H and O–H groups in total. The highest BCUT2D eigenvalue weighted by Crippen LogP contribution is 2.09. The van der Waals surface area contributed by atoms with Gasteiger partial charge < -0.3 is 4.74 Å². The molecule has 4 nitrogen and oxygen atoms in total. The molecule has 0 spiro atoms. The van der Waals surface area contributed by atoms with Crippen LogP contribution in [0.5, 0.6) is 5.88 Å². The van der Waals surface area contributed by atoms with E-state index in [1.807, 2.05) is 6.07 Å². The Balaban J connectivity index is 2.79. The molecule has 2 aromatic rings. The maximum atomic E-state index is 5.05. The van der Waals surface area contributed by atoms with Crippen molar-refractivity contribution in [3.8, 4) is 5.88 Å².